The van der Waals surface area contributed by atoms with Crippen LogP contribution in [0.5, 0.6) is 0 Å². The predicted molar refractivity (Wildman–Crippen MR) is 163 cm³/mol. The van der Waals surface area contributed by atoms with Gasteiger partial charge in [0.25, 0.3) is 14.9 Å². The Balaban J connectivity index is 1.08. The van der Waals surface area contributed by atoms with Crippen molar-refractivity contribution in [2.75, 3.05) is 30.8 Å². The van der Waals surface area contributed by atoms with Gasteiger partial charge in [0.1, 0.15) is 48.0 Å². The van der Waals surface area contributed by atoms with Crippen LogP contribution in [-0.2, 0) is 43.1 Å². The molecule has 4 aliphatic rings. The van der Waals surface area contributed by atoms with Crippen molar-refractivity contribution in [3.8, 4) is 0 Å². The van der Waals surface area contributed by atoms with Crippen molar-refractivity contribution in [1.29, 1.82) is 0 Å². The number of anilines is 2. The van der Waals surface area contributed by atoms with Gasteiger partial charge in [-0.05, 0) is 24.5 Å². The largest absolute Gasteiger partial charge is 0.386 e. The van der Waals surface area contributed by atoms with Crippen LogP contribution in [0.1, 0.15) is 24.4 Å². The maximum atomic E-state index is 16.0. The van der Waals surface area contributed by atoms with Gasteiger partial charge in [0, 0.05) is 30.0 Å². The average molecular weight is 686 g/mol. The van der Waals surface area contributed by atoms with Gasteiger partial charge < -0.3 is 48.3 Å². The number of nitrogen functional groups attached to an aromatic ring is 1. The number of hydrogen-bond donors (Lipinski definition) is 3. The number of aliphatic hydroxyl groups is 1. The molecule has 4 aromatic rings. The second-order valence-corrected chi connectivity index (χ2v) is 14.7. The zero-order valence-corrected chi connectivity index (χ0v) is 26.2. The molecule has 0 spiro atoms. The van der Waals surface area contributed by atoms with Gasteiger partial charge in [0.15, 0.2) is 30.1 Å². The smallest absolute Gasteiger partial charge is 0.264 e. The summed E-state index contributed by atoms with van der Waals surface area (Å²) in [7, 11) is 2.89. The molecule has 244 valence electrons. The molecule has 4 unspecified atom stereocenters. The number of aliphatic hydroxyl groups excluding tert-OH is 1. The fourth-order valence-corrected chi connectivity index (χ4v) is 8.51. The number of aromatic nitrogens is 6. The van der Waals surface area contributed by atoms with E-state index in [1.807, 2.05) is 12.3 Å². The fourth-order valence-electron chi connectivity index (χ4n) is 6.49. The van der Waals surface area contributed by atoms with E-state index in [4.69, 9.17) is 48.4 Å². The molecule has 0 aliphatic carbocycles. The molecule has 0 bridgehead atoms. The number of rotatable bonds is 2. The Morgan fingerprint density at radius 2 is 1.70 bits per heavy atom. The molecule has 8 rings (SSSR count). The van der Waals surface area contributed by atoms with Gasteiger partial charge in [0.05, 0.1) is 19.5 Å². The monoisotopic (exact) mass is 686 g/mol. The molecule has 4 aliphatic heterocycles. The van der Waals surface area contributed by atoms with E-state index in [-0.39, 0.29) is 17.0 Å². The molecule has 8 heterocycles. The summed E-state index contributed by atoms with van der Waals surface area (Å²) >= 11 is 0. The summed E-state index contributed by atoms with van der Waals surface area (Å²) in [6.45, 7) is -0.443. The number of hydrogen-bond acceptors (Lipinski definition) is 15. The van der Waals surface area contributed by atoms with Crippen LogP contribution >= 0.6 is 14.9 Å². The van der Waals surface area contributed by atoms with Gasteiger partial charge >= 0.3 is 0 Å². The minimum absolute atomic E-state index is 0.0593. The number of pyridine rings is 1. The lowest BCUT2D eigenvalue weighted by Crippen LogP contribution is -2.38. The van der Waals surface area contributed by atoms with Crippen molar-refractivity contribution in [2.24, 2.45) is 0 Å². The first-order valence-corrected chi connectivity index (χ1v) is 17.9. The molecule has 17 nitrogen and oxygen atoms in total. The molecule has 10 atom stereocenters. The Hall–Kier alpha value is -2.92. The molecular formula is C25H27B2FN8O9P2. The number of nitrogens with two attached hydrogens (primary N) is 1. The summed E-state index contributed by atoms with van der Waals surface area (Å²) in [4.78, 5) is 16.6. The number of fused-ring (bicyclic) bond motifs is 3. The van der Waals surface area contributed by atoms with Gasteiger partial charge in [-0.3, -0.25) is 13.7 Å². The van der Waals surface area contributed by atoms with Crippen LogP contribution in [0, 0.1) is 0 Å². The highest BCUT2D eigenvalue weighted by Crippen LogP contribution is 2.54. The van der Waals surface area contributed by atoms with Crippen LogP contribution in [-0.4, -0.2) is 106 Å². The SMILES string of the molecule is [B]P1(=O)OC[C@H]2O[C@@H](n3cnc4c(N)ncnc43)C(F)[C@H]2OP([B])(=O)OC[C@H]2O[C@@H](n3cc4c5c(ccnc53)NCCC4)[C@@H](O)C2O1. The zero-order valence-electron chi connectivity index (χ0n) is 24.4. The Morgan fingerprint density at radius 1 is 0.979 bits per heavy atom. The van der Waals surface area contributed by atoms with Crippen molar-refractivity contribution < 1.29 is 46.2 Å². The fraction of sp³-hybridized carbons (Fsp3) is 0.520. The third kappa shape index (κ3) is 5.49. The summed E-state index contributed by atoms with van der Waals surface area (Å²) in [5.41, 5.74) is 8.62. The highest BCUT2D eigenvalue weighted by atomic mass is 31.2. The molecule has 3 saturated heterocycles. The highest BCUT2D eigenvalue weighted by molar-refractivity contribution is 7.79. The van der Waals surface area contributed by atoms with Crippen molar-refractivity contribution in [1.82, 2.24) is 29.1 Å². The normalized spacial score (nSPS) is 37.8. The van der Waals surface area contributed by atoms with E-state index in [2.05, 4.69) is 25.3 Å². The van der Waals surface area contributed by atoms with Crippen molar-refractivity contribution in [2.45, 2.75) is 62.0 Å². The van der Waals surface area contributed by atoms with Crippen LogP contribution in [0.2, 0.25) is 0 Å². The molecule has 22 heteroatoms. The number of nitrogens with zero attached hydrogens (tertiary/aromatic N) is 6. The molecule has 4 aromatic heterocycles. The molecule has 47 heavy (non-hydrogen) atoms. The topological polar surface area (TPSA) is 209 Å². The number of alkyl halides is 1. The van der Waals surface area contributed by atoms with Crippen molar-refractivity contribution >= 4 is 63.8 Å². The Kier molecular flexibility index (Phi) is 7.74. The van der Waals surface area contributed by atoms with Gasteiger partial charge in [-0.15, -0.1) is 0 Å². The van der Waals surface area contributed by atoms with Gasteiger partial charge in [-0.1, -0.05) is 0 Å². The average Bonchev–Trinajstić information content (AvgIpc) is 3.73. The van der Waals surface area contributed by atoms with Crippen molar-refractivity contribution in [3.63, 3.8) is 0 Å². The number of nitrogens with one attached hydrogen (secondary N) is 1. The highest BCUT2D eigenvalue weighted by Gasteiger charge is 2.53. The molecule has 0 amide bonds. The Morgan fingerprint density at radius 3 is 2.49 bits per heavy atom. The van der Waals surface area contributed by atoms with Crippen LogP contribution < -0.4 is 11.1 Å². The number of halogens is 1. The first-order chi connectivity index (χ1) is 22.5. The van der Waals surface area contributed by atoms with Crippen LogP contribution in [0.25, 0.3) is 22.2 Å². The maximum absolute atomic E-state index is 16.0. The minimum atomic E-state index is -4.53. The third-order valence-electron chi connectivity index (χ3n) is 8.62. The van der Waals surface area contributed by atoms with Crippen molar-refractivity contribution in [3.05, 3.63) is 36.7 Å². The molecule has 4 N–H and O–H groups in total. The zero-order chi connectivity index (χ0) is 32.7. The van der Waals surface area contributed by atoms with E-state index < -0.39 is 77.3 Å². The summed E-state index contributed by atoms with van der Waals surface area (Å²) in [6.07, 6.45) is -4.22. The molecule has 0 saturated carbocycles. The van der Waals surface area contributed by atoms with Gasteiger partial charge in [-0.2, -0.15) is 0 Å². The maximum Gasteiger partial charge on any atom is 0.264 e. The predicted octanol–water partition coefficient (Wildman–Crippen LogP) is 1.68. The number of ether oxygens (including phenoxy) is 2. The van der Waals surface area contributed by atoms with E-state index in [0.717, 1.165) is 36.0 Å². The summed E-state index contributed by atoms with van der Waals surface area (Å²) < 4.78 is 79.8. The van der Waals surface area contributed by atoms with E-state index in [9.17, 15) is 14.2 Å². The molecular weight excluding hydrogens is 659 g/mol. The summed E-state index contributed by atoms with van der Waals surface area (Å²) in [5.74, 6) is 0.0593. The summed E-state index contributed by atoms with van der Waals surface area (Å²) in [5, 5.41) is 15.7. The standard InChI is InChI=1S/C25H27B2FN8O9P2/c26-46(38)41-8-14-20(18(37)25(43-14)35-6-11-2-1-4-30-12-3-5-31-22(35)15(11)12)45-47(27,39)40-7-13-19(44-46)16(28)24(42-13)36-10-34-17-21(29)32-9-33-23(17)36/h3,5-6,9-10,13-14,16,18-20,24-25,30,37H,1-2,4,7-8H2,(H2,29,32,33)/t13-,14-,16?,18+,19+,20?,24-,25-,46?,47?/m1/s1. The Labute approximate surface area is 268 Å². The quantitative estimate of drug-likeness (QED) is 0.202. The van der Waals surface area contributed by atoms with Gasteiger partial charge in [-0.25, -0.2) is 24.3 Å². The lowest BCUT2D eigenvalue weighted by Gasteiger charge is -2.30. The molecule has 3 fully saturated rings. The minimum Gasteiger partial charge on any atom is -0.386 e. The van der Waals surface area contributed by atoms with E-state index in [1.165, 1.54) is 17.2 Å². The van der Waals surface area contributed by atoms with Crippen LogP contribution in [0.3, 0.4) is 0 Å². The van der Waals surface area contributed by atoms with E-state index in [0.29, 0.717) is 5.65 Å². The number of aryl methyl sites for hydroxylation is 1. The second kappa shape index (κ2) is 11.6. The first-order valence-electron chi connectivity index (χ1n) is 14.7. The van der Waals surface area contributed by atoms with E-state index >= 15 is 4.39 Å². The molecule has 4 radical (unpaired) electrons. The third-order valence-corrected chi connectivity index (χ3v) is 10.7. The van der Waals surface area contributed by atoms with E-state index in [1.54, 1.807) is 10.8 Å². The lowest BCUT2D eigenvalue weighted by molar-refractivity contribution is -0.0557. The first kappa shape index (κ1) is 31.4. The second-order valence-electron chi connectivity index (χ2n) is 11.6. The molecule has 0 aromatic carbocycles. The lowest BCUT2D eigenvalue weighted by atomic mass is 10.1. The Bertz CT molecular complexity index is 1950. The summed E-state index contributed by atoms with van der Waals surface area (Å²) in [6, 6.07) is 1.86. The van der Waals surface area contributed by atoms with Gasteiger partial charge in [0.2, 0.25) is 15.1 Å². The number of imidazole rings is 1. The van der Waals surface area contributed by atoms with Crippen LogP contribution in [0.4, 0.5) is 15.9 Å². The van der Waals surface area contributed by atoms with Crippen LogP contribution in [0.15, 0.2) is 31.1 Å².